The molecule has 2 aliphatic rings. The zero-order chi connectivity index (χ0) is 15.4. The molecule has 0 radical (unpaired) electrons. The number of carboxylic acids is 1. The van der Waals surface area contributed by atoms with Gasteiger partial charge in [0.05, 0.1) is 25.7 Å². The minimum absolute atomic E-state index is 0.0136. The second-order valence-electron chi connectivity index (χ2n) is 5.36. The molecule has 21 heavy (non-hydrogen) atoms. The second kappa shape index (κ2) is 6.75. The maximum absolute atomic E-state index is 11.9. The molecule has 1 heterocycles. The van der Waals surface area contributed by atoms with Gasteiger partial charge >= 0.3 is 18.0 Å². The van der Waals surface area contributed by atoms with Crippen molar-refractivity contribution in [3.63, 3.8) is 0 Å². The molecule has 1 aliphatic heterocycles. The first-order valence-electron chi connectivity index (χ1n) is 6.99. The van der Waals surface area contributed by atoms with Gasteiger partial charge in [-0.2, -0.15) is 0 Å². The van der Waals surface area contributed by atoms with E-state index >= 15 is 0 Å². The highest BCUT2D eigenvalue weighted by Gasteiger charge is 2.41. The van der Waals surface area contributed by atoms with Crippen LogP contribution in [0, 0.1) is 5.92 Å². The minimum Gasteiger partial charge on any atom is -0.480 e. The number of nitrogens with one attached hydrogen (secondary N) is 2. The third kappa shape index (κ3) is 4.32. The van der Waals surface area contributed by atoms with Crippen LogP contribution in [0.1, 0.15) is 25.7 Å². The molecule has 0 aromatic heterocycles. The second-order valence-corrected chi connectivity index (χ2v) is 5.36. The summed E-state index contributed by atoms with van der Waals surface area (Å²) in [5.41, 5.74) is 0. The topological polar surface area (TPSA) is 114 Å². The molecule has 3 N–H and O–H groups in total. The van der Waals surface area contributed by atoms with Crippen molar-refractivity contribution in [2.24, 2.45) is 5.92 Å². The third-order valence-electron chi connectivity index (χ3n) is 3.74. The van der Waals surface area contributed by atoms with Crippen LogP contribution in [0.4, 0.5) is 4.79 Å². The monoisotopic (exact) mass is 300 g/mol. The van der Waals surface area contributed by atoms with Crippen LogP contribution >= 0.6 is 0 Å². The molecule has 0 aromatic rings. The molecule has 1 aliphatic carbocycles. The molecule has 1 saturated heterocycles. The lowest BCUT2D eigenvalue weighted by molar-refractivity contribution is -0.147. The van der Waals surface area contributed by atoms with Gasteiger partial charge in [0.15, 0.2) is 0 Å². The fraction of sp³-hybridized carbons (Fsp3) is 0.769. The molecule has 0 aromatic carbocycles. The van der Waals surface area contributed by atoms with Crippen molar-refractivity contribution < 1.29 is 29.0 Å². The van der Waals surface area contributed by atoms with Crippen molar-refractivity contribution in [2.45, 2.75) is 43.9 Å². The number of esters is 1. The number of carbonyl (C=O) groups excluding carboxylic acids is 2. The predicted molar refractivity (Wildman–Crippen MR) is 70.6 cm³/mol. The predicted octanol–water partition coefficient (Wildman–Crippen LogP) is -0.131. The molecule has 2 amide bonds. The van der Waals surface area contributed by atoms with E-state index in [4.69, 9.17) is 9.84 Å². The maximum atomic E-state index is 11.9. The molecule has 8 nitrogen and oxygen atoms in total. The standard InChI is InChI=1S/C13H20N2O6/c1-20-10(16)6-9(12(17)18)15-13(19)14-8-4-5-21-11(8)7-2-3-7/h7-9,11H,2-6H2,1H3,(H,17,18)(H2,14,15,19)/t8?,9-,11?/m0/s1. The number of aliphatic carboxylic acids is 1. The summed E-state index contributed by atoms with van der Waals surface area (Å²) in [4.78, 5) is 34.0. The van der Waals surface area contributed by atoms with Crippen molar-refractivity contribution in [1.29, 1.82) is 0 Å². The SMILES string of the molecule is COC(=O)C[C@H](NC(=O)NC1CCOC1C1CC1)C(=O)O. The number of hydrogen-bond donors (Lipinski definition) is 3. The average molecular weight is 300 g/mol. The maximum Gasteiger partial charge on any atom is 0.326 e. The van der Waals surface area contributed by atoms with Crippen LogP contribution in [0.25, 0.3) is 0 Å². The third-order valence-corrected chi connectivity index (χ3v) is 3.74. The number of urea groups is 1. The normalized spacial score (nSPS) is 26.0. The Bertz CT molecular complexity index is 423. The summed E-state index contributed by atoms with van der Waals surface area (Å²) in [6, 6.07) is -2.02. The summed E-state index contributed by atoms with van der Waals surface area (Å²) < 4.78 is 10.0. The van der Waals surface area contributed by atoms with Crippen LogP contribution in [-0.4, -0.2) is 55.0 Å². The lowest BCUT2D eigenvalue weighted by atomic mass is 10.1. The summed E-state index contributed by atoms with van der Waals surface area (Å²) in [5, 5.41) is 14.0. The number of amides is 2. The highest BCUT2D eigenvalue weighted by atomic mass is 16.5. The molecule has 0 spiro atoms. The molecule has 1 saturated carbocycles. The zero-order valence-electron chi connectivity index (χ0n) is 11.8. The first kappa shape index (κ1) is 15.6. The van der Waals surface area contributed by atoms with Crippen molar-refractivity contribution in [1.82, 2.24) is 10.6 Å². The first-order valence-corrected chi connectivity index (χ1v) is 6.99. The molecular weight excluding hydrogens is 280 g/mol. The Morgan fingerprint density at radius 3 is 2.62 bits per heavy atom. The molecule has 2 rings (SSSR count). The van der Waals surface area contributed by atoms with E-state index < -0.39 is 30.4 Å². The number of methoxy groups -OCH3 is 1. The number of carboxylic acid groups (broad SMARTS) is 1. The van der Waals surface area contributed by atoms with Gasteiger partial charge in [0.1, 0.15) is 6.04 Å². The van der Waals surface area contributed by atoms with Crippen LogP contribution < -0.4 is 10.6 Å². The molecule has 3 atom stereocenters. The van der Waals surface area contributed by atoms with Crippen LogP contribution in [0.3, 0.4) is 0 Å². The number of rotatable bonds is 6. The van der Waals surface area contributed by atoms with Gasteiger partial charge < -0.3 is 25.2 Å². The Morgan fingerprint density at radius 2 is 2.05 bits per heavy atom. The lowest BCUT2D eigenvalue weighted by Crippen LogP contribution is -2.51. The first-order chi connectivity index (χ1) is 10.0. The lowest BCUT2D eigenvalue weighted by Gasteiger charge is -2.21. The van der Waals surface area contributed by atoms with E-state index in [1.54, 1.807) is 0 Å². The van der Waals surface area contributed by atoms with E-state index in [1.165, 1.54) is 0 Å². The summed E-state index contributed by atoms with van der Waals surface area (Å²) >= 11 is 0. The van der Waals surface area contributed by atoms with E-state index in [-0.39, 0.29) is 12.1 Å². The Balaban J connectivity index is 1.83. The average Bonchev–Trinajstić information content (AvgIpc) is 3.18. The van der Waals surface area contributed by atoms with Gasteiger partial charge in [-0.05, 0) is 25.2 Å². The van der Waals surface area contributed by atoms with E-state index in [2.05, 4.69) is 15.4 Å². The Morgan fingerprint density at radius 1 is 1.33 bits per heavy atom. The summed E-state index contributed by atoms with van der Waals surface area (Å²) in [5.74, 6) is -1.48. The van der Waals surface area contributed by atoms with Crippen molar-refractivity contribution in [3.8, 4) is 0 Å². The largest absolute Gasteiger partial charge is 0.480 e. The number of hydrogen-bond acceptors (Lipinski definition) is 5. The molecular formula is C13H20N2O6. The quantitative estimate of drug-likeness (QED) is 0.589. The van der Waals surface area contributed by atoms with Crippen LogP contribution in [0.15, 0.2) is 0 Å². The summed E-state index contributed by atoms with van der Waals surface area (Å²) in [6.45, 7) is 0.594. The van der Waals surface area contributed by atoms with E-state index in [1.807, 2.05) is 0 Å². The van der Waals surface area contributed by atoms with Gasteiger partial charge in [0.2, 0.25) is 0 Å². The van der Waals surface area contributed by atoms with Gasteiger partial charge in [-0.1, -0.05) is 0 Å². The molecule has 8 heteroatoms. The van der Waals surface area contributed by atoms with Crippen LogP contribution in [0.2, 0.25) is 0 Å². The Kier molecular flexibility index (Phi) is 5.00. The zero-order valence-corrected chi connectivity index (χ0v) is 11.8. The molecule has 2 fully saturated rings. The van der Waals surface area contributed by atoms with E-state index in [0.29, 0.717) is 18.9 Å². The van der Waals surface area contributed by atoms with Gasteiger partial charge in [-0.15, -0.1) is 0 Å². The van der Waals surface area contributed by atoms with Crippen molar-refractivity contribution in [2.75, 3.05) is 13.7 Å². The van der Waals surface area contributed by atoms with Gasteiger partial charge in [0.25, 0.3) is 0 Å². The highest BCUT2D eigenvalue weighted by Crippen LogP contribution is 2.38. The van der Waals surface area contributed by atoms with Crippen LogP contribution in [0.5, 0.6) is 0 Å². The number of ether oxygens (including phenoxy) is 2. The van der Waals surface area contributed by atoms with Crippen LogP contribution in [-0.2, 0) is 19.1 Å². The smallest absolute Gasteiger partial charge is 0.326 e. The van der Waals surface area contributed by atoms with E-state index in [9.17, 15) is 14.4 Å². The molecule has 118 valence electrons. The summed E-state index contributed by atoms with van der Waals surface area (Å²) in [7, 11) is 1.16. The molecule has 2 unspecified atom stereocenters. The van der Waals surface area contributed by atoms with Gasteiger partial charge in [0, 0.05) is 6.61 Å². The van der Waals surface area contributed by atoms with Gasteiger partial charge in [-0.3, -0.25) is 4.79 Å². The Hall–Kier alpha value is -1.83. The fourth-order valence-electron chi connectivity index (χ4n) is 2.47. The van der Waals surface area contributed by atoms with Crippen molar-refractivity contribution >= 4 is 18.0 Å². The van der Waals surface area contributed by atoms with E-state index in [0.717, 1.165) is 20.0 Å². The Labute approximate surface area is 122 Å². The highest BCUT2D eigenvalue weighted by molar-refractivity contribution is 5.86. The number of carbonyl (C=O) groups is 3. The summed E-state index contributed by atoms with van der Waals surface area (Å²) in [6.07, 6.45) is 2.52. The molecule has 0 bridgehead atoms. The fourth-order valence-corrected chi connectivity index (χ4v) is 2.47. The minimum atomic E-state index is -1.31. The van der Waals surface area contributed by atoms with Gasteiger partial charge in [-0.25, -0.2) is 9.59 Å². The van der Waals surface area contributed by atoms with Crippen molar-refractivity contribution in [3.05, 3.63) is 0 Å².